The van der Waals surface area contributed by atoms with E-state index in [0.29, 0.717) is 11.5 Å². The Hall–Kier alpha value is -2.60. The Balaban J connectivity index is 1.27. The second kappa shape index (κ2) is 12.4. The Morgan fingerprint density at radius 1 is 1.09 bits per heavy atom. The van der Waals surface area contributed by atoms with E-state index in [4.69, 9.17) is 22.1 Å². The number of carbonyl (C=O) groups is 1. The number of primary amides is 1. The molecule has 0 saturated carbocycles. The normalized spacial score (nSPS) is 21.8. The summed E-state index contributed by atoms with van der Waals surface area (Å²) in [6, 6.07) is 18.2. The van der Waals surface area contributed by atoms with Gasteiger partial charge in [-0.2, -0.15) is 0 Å². The molecule has 3 N–H and O–H groups in total. The Morgan fingerprint density at radius 2 is 1.77 bits per heavy atom. The van der Waals surface area contributed by atoms with Crippen LogP contribution in [0.2, 0.25) is 5.02 Å². The van der Waals surface area contributed by atoms with E-state index in [0.717, 1.165) is 50.6 Å². The average molecular weight is 497 g/mol. The van der Waals surface area contributed by atoms with Crippen molar-refractivity contribution in [2.45, 2.75) is 37.5 Å². The first kappa shape index (κ1) is 25.5. The summed E-state index contributed by atoms with van der Waals surface area (Å²) in [4.78, 5) is 15.8. The SMILES string of the molecule is NC(=O)N(O)CCC#C[C@@H]1CC[C@@H](CN2CCN([C@H](c3ccccc3)c3ccc(Cl)cc3)CC2)O1. The number of halogens is 1. The van der Waals surface area contributed by atoms with Gasteiger partial charge in [-0.05, 0) is 36.1 Å². The minimum absolute atomic E-state index is 0.0885. The van der Waals surface area contributed by atoms with Crippen molar-refractivity contribution < 1.29 is 14.7 Å². The van der Waals surface area contributed by atoms with Crippen LogP contribution in [0, 0.1) is 11.8 Å². The lowest BCUT2D eigenvalue weighted by atomic mass is 9.96. The summed E-state index contributed by atoms with van der Waals surface area (Å²) in [5.41, 5.74) is 7.54. The first-order valence-electron chi connectivity index (χ1n) is 12.2. The van der Waals surface area contributed by atoms with Crippen LogP contribution in [0.5, 0.6) is 0 Å². The summed E-state index contributed by atoms with van der Waals surface area (Å²) in [7, 11) is 0. The summed E-state index contributed by atoms with van der Waals surface area (Å²) in [6.45, 7) is 4.96. The molecule has 2 saturated heterocycles. The molecule has 7 nitrogen and oxygen atoms in total. The van der Waals surface area contributed by atoms with E-state index in [-0.39, 0.29) is 24.8 Å². The van der Waals surface area contributed by atoms with Gasteiger partial charge in [0, 0.05) is 44.2 Å². The quantitative estimate of drug-likeness (QED) is 0.346. The molecule has 2 aromatic rings. The third kappa shape index (κ3) is 7.20. The number of hydrogen-bond acceptors (Lipinski definition) is 5. The molecule has 8 heteroatoms. The molecule has 2 fully saturated rings. The number of benzene rings is 2. The second-order valence-corrected chi connectivity index (χ2v) is 9.49. The summed E-state index contributed by atoms with van der Waals surface area (Å²) < 4.78 is 6.13. The molecule has 0 bridgehead atoms. The van der Waals surface area contributed by atoms with E-state index in [1.54, 1.807) is 0 Å². The fraction of sp³-hybridized carbons (Fsp3) is 0.444. The zero-order valence-electron chi connectivity index (χ0n) is 19.9. The smallest absolute Gasteiger partial charge is 0.338 e. The van der Waals surface area contributed by atoms with E-state index in [2.05, 4.69) is 64.1 Å². The highest BCUT2D eigenvalue weighted by molar-refractivity contribution is 6.30. The highest BCUT2D eigenvalue weighted by Crippen LogP contribution is 2.30. The van der Waals surface area contributed by atoms with E-state index in [1.165, 1.54) is 11.1 Å². The summed E-state index contributed by atoms with van der Waals surface area (Å²) in [5.74, 6) is 6.08. The molecule has 35 heavy (non-hydrogen) atoms. The van der Waals surface area contributed by atoms with Crippen molar-refractivity contribution in [3.8, 4) is 11.8 Å². The van der Waals surface area contributed by atoms with Crippen LogP contribution in [0.25, 0.3) is 0 Å². The maximum atomic E-state index is 10.8. The molecule has 0 unspecified atom stereocenters. The van der Waals surface area contributed by atoms with Crippen LogP contribution < -0.4 is 5.73 Å². The second-order valence-electron chi connectivity index (χ2n) is 9.06. The van der Waals surface area contributed by atoms with Gasteiger partial charge in [-0.3, -0.25) is 15.0 Å². The maximum absolute atomic E-state index is 10.8. The predicted octanol–water partition coefficient (Wildman–Crippen LogP) is 3.76. The predicted molar refractivity (Wildman–Crippen MR) is 136 cm³/mol. The number of amides is 2. The molecule has 186 valence electrons. The summed E-state index contributed by atoms with van der Waals surface area (Å²) >= 11 is 6.15. The number of nitrogens with zero attached hydrogens (tertiary/aromatic N) is 3. The summed E-state index contributed by atoms with van der Waals surface area (Å²) in [5, 5.41) is 10.5. The van der Waals surface area contributed by atoms with Gasteiger partial charge in [0.15, 0.2) is 0 Å². The van der Waals surface area contributed by atoms with Crippen LogP contribution in [-0.2, 0) is 4.74 Å². The third-order valence-corrected chi connectivity index (χ3v) is 6.86. The maximum Gasteiger partial charge on any atom is 0.338 e. The number of nitrogens with two attached hydrogens (primary N) is 1. The van der Waals surface area contributed by atoms with Gasteiger partial charge in [0.1, 0.15) is 6.10 Å². The van der Waals surface area contributed by atoms with Crippen LogP contribution in [0.3, 0.4) is 0 Å². The Morgan fingerprint density at radius 3 is 2.46 bits per heavy atom. The van der Waals surface area contributed by atoms with Gasteiger partial charge in [-0.15, -0.1) is 0 Å². The number of rotatable bonds is 7. The van der Waals surface area contributed by atoms with Crippen LogP contribution in [0.4, 0.5) is 4.79 Å². The first-order chi connectivity index (χ1) is 17.0. The number of urea groups is 1. The number of hydroxylamine groups is 2. The average Bonchev–Trinajstić information content (AvgIpc) is 3.32. The monoisotopic (exact) mass is 496 g/mol. The van der Waals surface area contributed by atoms with Crippen LogP contribution in [-0.4, -0.2) is 77.6 Å². The number of carbonyl (C=O) groups excluding carboxylic acids is 1. The third-order valence-electron chi connectivity index (χ3n) is 6.61. The molecular weight excluding hydrogens is 464 g/mol. The molecule has 0 spiro atoms. The Bertz CT molecular complexity index is 1020. The van der Waals surface area contributed by atoms with E-state index >= 15 is 0 Å². The van der Waals surface area contributed by atoms with Gasteiger partial charge in [-0.1, -0.05) is 65.9 Å². The molecular formula is C27H33ClN4O3. The fourth-order valence-corrected chi connectivity index (χ4v) is 4.92. The molecule has 2 aromatic carbocycles. The first-order valence-corrected chi connectivity index (χ1v) is 12.5. The molecule has 2 aliphatic rings. The van der Waals surface area contributed by atoms with Crippen molar-refractivity contribution in [3.63, 3.8) is 0 Å². The van der Waals surface area contributed by atoms with Gasteiger partial charge in [0.2, 0.25) is 0 Å². The zero-order valence-corrected chi connectivity index (χ0v) is 20.6. The van der Waals surface area contributed by atoms with Crippen molar-refractivity contribution in [3.05, 3.63) is 70.7 Å². The largest absolute Gasteiger partial charge is 0.361 e. The molecule has 4 rings (SSSR count). The lowest BCUT2D eigenvalue weighted by Gasteiger charge is -2.40. The fourth-order valence-electron chi connectivity index (χ4n) is 4.79. The number of piperazine rings is 1. The van der Waals surface area contributed by atoms with E-state index in [9.17, 15) is 10.0 Å². The highest BCUT2D eigenvalue weighted by Gasteiger charge is 2.30. The molecule has 0 radical (unpaired) electrons. The number of hydrogen-bond donors (Lipinski definition) is 2. The molecule has 2 heterocycles. The van der Waals surface area contributed by atoms with Crippen molar-refractivity contribution in [2.24, 2.45) is 5.73 Å². The van der Waals surface area contributed by atoms with E-state index in [1.807, 2.05) is 12.1 Å². The van der Waals surface area contributed by atoms with Crippen molar-refractivity contribution in [1.82, 2.24) is 14.9 Å². The zero-order chi connectivity index (χ0) is 24.6. The van der Waals surface area contributed by atoms with Gasteiger partial charge in [0.25, 0.3) is 0 Å². The van der Waals surface area contributed by atoms with Crippen molar-refractivity contribution >= 4 is 17.6 Å². The molecule has 0 aromatic heterocycles. The van der Waals surface area contributed by atoms with Gasteiger partial charge >= 0.3 is 6.03 Å². The summed E-state index contributed by atoms with van der Waals surface area (Å²) in [6.07, 6.45) is 2.35. The van der Waals surface area contributed by atoms with Crippen LogP contribution >= 0.6 is 11.6 Å². The van der Waals surface area contributed by atoms with Crippen LogP contribution in [0.15, 0.2) is 54.6 Å². The van der Waals surface area contributed by atoms with E-state index < -0.39 is 6.03 Å². The van der Waals surface area contributed by atoms with Crippen LogP contribution in [0.1, 0.15) is 36.4 Å². The van der Waals surface area contributed by atoms with Crippen molar-refractivity contribution in [2.75, 3.05) is 39.3 Å². The minimum Gasteiger partial charge on any atom is -0.361 e. The van der Waals surface area contributed by atoms with Gasteiger partial charge in [0.05, 0.1) is 18.7 Å². The molecule has 2 aliphatic heterocycles. The number of ether oxygens (including phenoxy) is 1. The topological polar surface area (TPSA) is 82.3 Å². The Labute approximate surface area is 212 Å². The Kier molecular flexibility index (Phi) is 9.02. The lowest BCUT2D eigenvalue weighted by molar-refractivity contribution is -0.0373. The van der Waals surface area contributed by atoms with Crippen molar-refractivity contribution in [1.29, 1.82) is 0 Å². The minimum atomic E-state index is -0.868. The van der Waals surface area contributed by atoms with Gasteiger partial charge in [-0.25, -0.2) is 9.86 Å². The van der Waals surface area contributed by atoms with Gasteiger partial charge < -0.3 is 10.5 Å². The molecule has 2 amide bonds. The standard InChI is InChI=1S/C27H33ClN4O3/c28-23-11-9-22(10-12-23)26(21-6-2-1-3-7-21)31-18-16-30(17-19-31)20-25-14-13-24(35-25)8-4-5-15-32(34)27(29)33/h1-3,6-7,9-12,24-26,34H,5,13-20H2,(H2,29,33)/t24-,25+,26-/m1/s1. The molecule has 3 atom stereocenters. The highest BCUT2D eigenvalue weighted by atomic mass is 35.5. The lowest BCUT2D eigenvalue weighted by Crippen LogP contribution is -2.49. The molecule has 0 aliphatic carbocycles.